The Balaban J connectivity index is 0. The second-order valence-corrected chi connectivity index (χ2v) is 3.38. The van der Waals surface area contributed by atoms with E-state index in [2.05, 4.69) is 13.2 Å². The Bertz CT molecular complexity index is 220. The van der Waals surface area contributed by atoms with Gasteiger partial charge >= 0.3 is 29.6 Å². The van der Waals surface area contributed by atoms with Crippen LogP contribution in [0.3, 0.4) is 0 Å². The summed E-state index contributed by atoms with van der Waals surface area (Å²) in [6.07, 6.45) is 2.63. The quantitative estimate of drug-likeness (QED) is 0.280. The fourth-order valence-corrected chi connectivity index (χ4v) is 1.10. The maximum absolute atomic E-state index is 10.3. The molecule has 0 aromatic carbocycles. The van der Waals surface area contributed by atoms with Crippen molar-refractivity contribution in [3.63, 3.8) is 0 Å². The molecule has 0 saturated carbocycles. The topological polar surface area (TPSA) is 57.2 Å². The zero-order chi connectivity index (χ0) is 8.20. The summed E-state index contributed by atoms with van der Waals surface area (Å²) in [7, 11) is -4.22. The van der Waals surface area contributed by atoms with Crippen LogP contribution in [-0.4, -0.2) is 18.2 Å². The van der Waals surface area contributed by atoms with E-state index in [1.165, 1.54) is 6.08 Å². The van der Waals surface area contributed by atoms with Gasteiger partial charge in [0.05, 0.1) is 5.25 Å². The monoisotopic (exact) mass is 184 g/mol. The van der Waals surface area contributed by atoms with Crippen LogP contribution in [0.15, 0.2) is 25.3 Å². The van der Waals surface area contributed by atoms with Gasteiger partial charge in [-0.15, -0.1) is 13.2 Å². The van der Waals surface area contributed by atoms with Crippen molar-refractivity contribution in [1.29, 1.82) is 0 Å². The SMILES string of the molecule is C=CCC(C=C)S(=O)(=O)[O-].[Na+]. The second kappa shape index (κ2) is 5.97. The molecule has 0 fully saturated rings. The van der Waals surface area contributed by atoms with E-state index in [1.807, 2.05) is 0 Å². The van der Waals surface area contributed by atoms with Gasteiger partial charge in [-0.25, -0.2) is 8.42 Å². The van der Waals surface area contributed by atoms with Crippen molar-refractivity contribution >= 4 is 10.1 Å². The van der Waals surface area contributed by atoms with Crippen molar-refractivity contribution in [2.24, 2.45) is 0 Å². The van der Waals surface area contributed by atoms with Gasteiger partial charge in [-0.3, -0.25) is 0 Å². The van der Waals surface area contributed by atoms with Crippen LogP contribution in [0.1, 0.15) is 6.42 Å². The van der Waals surface area contributed by atoms with Crippen molar-refractivity contribution < 1.29 is 42.5 Å². The molecule has 0 aromatic heterocycles. The third-order valence-electron chi connectivity index (χ3n) is 1.03. The smallest absolute Gasteiger partial charge is 0.747 e. The van der Waals surface area contributed by atoms with Crippen molar-refractivity contribution in [3.8, 4) is 0 Å². The normalized spacial score (nSPS) is 12.8. The Hall–Kier alpha value is 0.390. The Labute approximate surface area is 89.2 Å². The summed E-state index contributed by atoms with van der Waals surface area (Å²) in [5.74, 6) is 0. The van der Waals surface area contributed by atoms with Crippen LogP contribution in [-0.2, 0) is 10.1 Å². The van der Waals surface area contributed by atoms with E-state index in [4.69, 9.17) is 0 Å². The van der Waals surface area contributed by atoms with Crippen molar-refractivity contribution in [3.05, 3.63) is 25.3 Å². The largest absolute Gasteiger partial charge is 1.00 e. The average molecular weight is 184 g/mol. The van der Waals surface area contributed by atoms with Gasteiger partial charge in [-0.1, -0.05) is 12.2 Å². The van der Waals surface area contributed by atoms with Crippen LogP contribution in [0.5, 0.6) is 0 Å². The van der Waals surface area contributed by atoms with E-state index in [-0.39, 0.29) is 36.0 Å². The molecule has 0 amide bonds. The van der Waals surface area contributed by atoms with Crippen molar-refractivity contribution in [2.75, 3.05) is 0 Å². The number of allylic oxidation sites excluding steroid dienone is 1. The molecule has 0 radical (unpaired) electrons. The van der Waals surface area contributed by atoms with Crippen LogP contribution in [0.4, 0.5) is 0 Å². The van der Waals surface area contributed by atoms with Crippen molar-refractivity contribution in [2.45, 2.75) is 11.7 Å². The molecular formula is C6H9NaO3S. The predicted octanol–water partition coefficient (Wildman–Crippen LogP) is -2.33. The maximum Gasteiger partial charge on any atom is 1.00 e. The molecule has 1 atom stereocenters. The van der Waals surface area contributed by atoms with Crippen LogP contribution < -0.4 is 29.6 Å². The number of hydrogen-bond acceptors (Lipinski definition) is 3. The molecule has 0 saturated heterocycles. The third kappa shape index (κ3) is 5.64. The fourth-order valence-electron chi connectivity index (χ4n) is 0.496. The molecule has 11 heavy (non-hydrogen) atoms. The fraction of sp³-hybridized carbons (Fsp3) is 0.333. The molecule has 5 heteroatoms. The minimum absolute atomic E-state index is 0. The molecule has 0 aliphatic rings. The Kier molecular flexibility index (Phi) is 7.57. The summed E-state index contributed by atoms with van der Waals surface area (Å²) >= 11 is 0. The van der Waals surface area contributed by atoms with E-state index >= 15 is 0 Å². The Morgan fingerprint density at radius 1 is 1.45 bits per heavy atom. The molecule has 0 aliphatic heterocycles. The van der Waals surface area contributed by atoms with Gasteiger partial charge in [-0.05, 0) is 6.42 Å². The summed E-state index contributed by atoms with van der Waals surface area (Å²) in [6.45, 7) is 6.53. The van der Waals surface area contributed by atoms with Gasteiger partial charge in [-0.2, -0.15) is 0 Å². The van der Waals surface area contributed by atoms with E-state index in [1.54, 1.807) is 0 Å². The van der Waals surface area contributed by atoms with E-state index in [0.717, 1.165) is 6.08 Å². The molecule has 0 spiro atoms. The Morgan fingerprint density at radius 2 is 1.91 bits per heavy atom. The first-order valence-corrected chi connectivity index (χ1v) is 4.17. The van der Waals surface area contributed by atoms with E-state index in [9.17, 15) is 13.0 Å². The van der Waals surface area contributed by atoms with Gasteiger partial charge in [0.25, 0.3) is 0 Å². The minimum Gasteiger partial charge on any atom is -0.747 e. The zero-order valence-corrected chi connectivity index (χ0v) is 9.30. The van der Waals surface area contributed by atoms with E-state index < -0.39 is 15.4 Å². The number of hydrogen-bond donors (Lipinski definition) is 0. The Morgan fingerprint density at radius 3 is 2.00 bits per heavy atom. The molecule has 0 rings (SSSR count). The van der Waals surface area contributed by atoms with Gasteiger partial charge < -0.3 is 4.55 Å². The molecule has 0 heterocycles. The average Bonchev–Trinajstić information content (AvgIpc) is 1.80. The molecule has 0 N–H and O–H groups in total. The van der Waals surface area contributed by atoms with Crippen LogP contribution in [0.2, 0.25) is 0 Å². The van der Waals surface area contributed by atoms with Gasteiger partial charge in [0.15, 0.2) is 0 Å². The molecule has 1 unspecified atom stereocenters. The maximum atomic E-state index is 10.3. The molecule has 0 aliphatic carbocycles. The summed E-state index contributed by atoms with van der Waals surface area (Å²) in [5.41, 5.74) is 0. The first kappa shape index (κ1) is 13.9. The summed E-state index contributed by atoms with van der Waals surface area (Å²) < 4.78 is 30.8. The summed E-state index contributed by atoms with van der Waals surface area (Å²) in [6, 6.07) is 0. The van der Waals surface area contributed by atoms with Crippen LogP contribution >= 0.6 is 0 Å². The van der Waals surface area contributed by atoms with E-state index in [0.29, 0.717) is 0 Å². The number of rotatable bonds is 4. The van der Waals surface area contributed by atoms with Gasteiger partial charge in [0.2, 0.25) is 0 Å². The predicted molar refractivity (Wildman–Crippen MR) is 38.5 cm³/mol. The summed E-state index contributed by atoms with van der Waals surface area (Å²) in [4.78, 5) is 0. The van der Waals surface area contributed by atoms with Crippen LogP contribution in [0, 0.1) is 0 Å². The standard InChI is InChI=1S/C6H10O3S.Na/c1-3-5-6(4-2)10(7,8)9;/h3-4,6H,1-2,5H2,(H,7,8,9);/q;+1/p-1. The minimum atomic E-state index is -4.22. The van der Waals surface area contributed by atoms with Gasteiger partial charge in [0.1, 0.15) is 10.1 Å². The third-order valence-corrected chi connectivity index (χ3v) is 2.16. The first-order chi connectivity index (χ1) is 4.52. The molecule has 0 bridgehead atoms. The van der Waals surface area contributed by atoms with Crippen LogP contribution in [0.25, 0.3) is 0 Å². The first-order valence-electron chi connectivity index (χ1n) is 2.70. The molecule has 0 aromatic rings. The molecule has 3 nitrogen and oxygen atoms in total. The van der Waals surface area contributed by atoms with Crippen molar-refractivity contribution in [1.82, 2.24) is 0 Å². The second-order valence-electron chi connectivity index (χ2n) is 1.79. The molecular weight excluding hydrogens is 175 g/mol. The summed E-state index contributed by atoms with van der Waals surface area (Å²) in [5, 5.41) is -1.02. The molecule has 58 valence electrons. The zero-order valence-electron chi connectivity index (χ0n) is 6.49. The van der Waals surface area contributed by atoms with Gasteiger partial charge in [0, 0.05) is 0 Å².